The molecule has 0 fully saturated rings. The van der Waals surface area contributed by atoms with Crippen molar-refractivity contribution in [2.24, 2.45) is 0 Å². The maximum absolute atomic E-state index is 11.8. The molecule has 0 heterocycles. The number of hydrogen-bond donors (Lipinski definition) is 1. The van der Waals surface area contributed by atoms with Crippen molar-refractivity contribution in [2.75, 3.05) is 7.11 Å². The molecule has 0 aliphatic heterocycles. The van der Waals surface area contributed by atoms with E-state index in [9.17, 15) is 4.79 Å². The third kappa shape index (κ3) is 4.72. The number of carbonyl (C=O) groups excluding carboxylic acids is 1. The predicted molar refractivity (Wildman–Crippen MR) is 88.4 cm³/mol. The van der Waals surface area contributed by atoms with Gasteiger partial charge in [-0.1, -0.05) is 42.5 Å². The summed E-state index contributed by atoms with van der Waals surface area (Å²) >= 11 is 0. The summed E-state index contributed by atoms with van der Waals surface area (Å²) in [5, 5.41) is 9.08. The van der Waals surface area contributed by atoms with Gasteiger partial charge >= 0.3 is 0 Å². The molecular formula is C19H18O3. The number of hydrogen-bond acceptors (Lipinski definition) is 3. The molecule has 0 radical (unpaired) electrons. The molecule has 0 saturated carbocycles. The van der Waals surface area contributed by atoms with Crippen LogP contribution >= 0.6 is 0 Å². The number of rotatable bonds is 6. The summed E-state index contributed by atoms with van der Waals surface area (Å²) in [4.78, 5) is 11.8. The summed E-state index contributed by atoms with van der Waals surface area (Å²) in [6.07, 6.45) is 6.51. The number of methoxy groups -OCH3 is 1. The Morgan fingerprint density at radius 2 is 1.68 bits per heavy atom. The summed E-state index contributed by atoms with van der Waals surface area (Å²) < 4.78 is 5.14. The van der Waals surface area contributed by atoms with Gasteiger partial charge in [0, 0.05) is 0 Å². The van der Waals surface area contributed by atoms with Crippen molar-refractivity contribution in [3.05, 3.63) is 77.4 Å². The Labute approximate surface area is 130 Å². The highest BCUT2D eigenvalue weighted by molar-refractivity contribution is 6.04. The highest BCUT2D eigenvalue weighted by Crippen LogP contribution is 2.13. The molecule has 0 amide bonds. The number of benzene rings is 2. The third-order valence-corrected chi connectivity index (χ3v) is 3.11. The molecule has 0 aliphatic rings. The van der Waals surface area contributed by atoms with Gasteiger partial charge in [0.25, 0.3) is 0 Å². The van der Waals surface area contributed by atoms with Gasteiger partial charge < -0.3 is 9.84 Å². The summed E-state index contributed by atoms with van der Waals surface area (Å²) in [5.74, 6) is 0.656. The van der Waals surface area contributed by atoms with Crippen LogP contribution in [-0.2, 0) is 11.4 Å². The Kier molecular flexibility index (Phi) is 5.69. The van der Waals surface area contributed by atoms with E-state index < -0.39 is 0 Å². The number of aliphatic hydroxyl groups is 1. The SMILES string of the molecule is COc1cccc(/C=C/C(=O)/C=C/c2cccc(CO)c2)c1. The van der Waals surface area contributed by atoms with Crippen LogP contribution < -0.4 is 4.74 Å². The van der Waals surface area contributed by atoms with E-state index in [2.05, 4.69) is 0 Å². The van der Waals surface area contributed by atoms with Crippen LogP contribution in [0.4, 0.5) is 0 Å². The fraction of sp³-hybridized carbons (Fsp3) is 0.105. The molecule has 22 heavy (non-hydrogen) atoms. The second kappa shape index (κ2) is 7.96. The Hall–Kier alpha value is -2.65. The molecule has 2 rings (SSSR count). The van der Waals surface area contributed by atoms with Gasteiger partial charge in [-0.2, -0.15) is 0 Å². The maximum Gasteiger partial charge on any atom is 0.178 e. The van der Waals surface area contributed by atoms with Crippen molar-refractivity contribution >= 4 is 17.9 Å². The molecule has 0 aromatic heterocycles. The monoisotopic (exact) mass is 294 g/mol. The summed E-state index contributed by atoms with van der Waals surface area (Å²) in [7, 11) is 1.61. The number of carbonyl (C=O) groups is 1. The molecule has 112 valence electrons. The second-order valence-corrected chi connectivity index (χ2v) is 4.75. The maximum atomic E-state index is 11.8. The van der Waals surface area contributed by atoms with Crippen LogP contribution in [-0.4, -0.2) is 18.0 Å². The average Bonchev–Trinajstić information content (AvgIpc) is 2.58. The molecule has 0 saturated heterocycles. The Bertz CT molecular complexity index is 640. The Morgan fingerprint density at radius 1 is 1.05 bits per heavy atom. The van der Waals surface area contributed by atoms with Crippen LogP contribution in [0.5, 0.6) is 5.75 Å². The number of ketones is 1. The largest absolute Gasteiger partial charge is 0.497 e. The second-order valence-electron chi connectivity index (χ2n) is 4.75. The zero-order chi connectivity index (χ0) is 15.8. The minimum Gasteiger partial charge on any atom is -0.497 e. The van der Waals surface area contributed by atoms with E-state index in [4.69, 9.17) is 9.84 Å². The lowest BCUT2D eigenvalue weighted by atomic mass is 10.1. The first kappa shape index (κ1) is 15.7. The molecular weight excluding hydrogens is 276 g/mol. The first-order valence-electron chi connectivity index (χ1n) is 6.95. The highest BCUT2D eigenvalue weighted by Gasteiger charge is 1.95. The van der Waals surface area contributed by atoms with Crippen molar-refractivity contribution in [2.45, 2.75) is 6.61 Å². The minimum atomic E-state index is -0.0998. The highest BCUT2D eigenvalue weighted by atomic mass is 16.5. The van der Waals surface area contributed by atoms with Crippen molar-refractivity contribution in [3.8, 4) is 5.75 Å². The lowest BCUT2D eigenvalue weighted by molar-refractivity contribution is -0.110. The van der Waals surface area contributed by atoms with Gasteiger partial charge in [-0.3, -0.25) is 4.79 Å². The molecule has 2 aromatic carbocycles. The van der Waals surface area contributed by atoms with Crippen molar-refractivity contribution < 1.29 is 14.6 Å². The smallest absolute Gasteiger partial charge is 0.178 e. The standard InChI is InChI=1S/C19H18O3/c1-22-19-7-3-5-16(13-19)9-11-18(21)10-8-15-4-2-6-17(12-15)14-20/h2-13,20H,14H2,1H3/b10-8+,11-9+. The first-order valence-corrected chi connectivity index (χ1v) is 6.95. The summed E-state index contributed by atoms with van der Waals surface area (Å²) in [6.45, 7) is -0.00856. The normalized spacial score (nSPS) is 11.2. The molecule has 0 aliphatic carbocycles. The van der Waals surface area contributed by atoms with Gasteiger partial charge in [-0.15, -0.1) is 0 Å². The van der Waals surface area contributed by atoms with Crippen molar-refractivity contribution in [1.82, 2.24) is 0 Å². The molecule has 0 unspecified atom stereocenters. The van der Waals surface area contributed by atoms with Crippen molar-refractivity contribution in [1.29, 1.82) is 0 Å². The molecule has 0 bridgehead atoms. The lowest BCUT2D eigenvalue weighted by Crippen LogP contribution is -1.87. The van der Waals surface area contributed by atoms with Crippen LogP contribution in [0.25, 0.3) is 12.2 Å². The topological polar surface area (TPSA) is 46.5 Å². The van der Waals surface area contributed by atoms with E-state index in [0.29, 0.717) is 0 Å². The van der Waals surface area contributed by atoms with Crippen LogP contribution in [0.3, 0.4) is 0 Å². The summed E-state index contributed by atoms with van der Waals surface area (Å²) in [5.41, 5.74) is 2.61. The quantitative estimate of drug-likeness (QED) is 0.830. The zero-order valence-corrected chi connectivity index (χ0v) is 12.4. The molecule has 3 heteroatoms. The Balaban J connectivity index is 2.02. The minimum absolute atomic E-state index is 0.00856. The predicted octanol–water partition coefficient (Wildman–Crippen LogP) is 3.48. The van der Waals surface area contributed by atoms with Crippen LogP contribution in [0, 0.1) is 0 Å². The molecule has 0 spiro atoms. The van der Waals surface area contributed by atoms with E-state index in [-0.39, 0.29) is 12.4 Å². The molecule has 0 atom stereocenters. The first-order chi connectivity index (χ1) is 10.7. The van der Waals surface area contributed by atoms with Gasteiger partial charge in [0.1, 0.15) is 5.75 Å². The fourth-order valence-corrected chi connectivity index (χ4v) is 1.95. The van der Waals surface area contributed by atoms with Crippen LogP contribution in [0.1, 0.15) is 16.7 Å². The van der Waals surface area contributed by atoms with E-state index in [0.717, 1.165) is 22.4 Å². The number of aliphatic hydroxyl groups excluding tert-OH is 1. The number of allylic oxidation sites excluding steroid dienone is 2. The zero-order valence-electron chi connectivity index (χ0n) is 12.4. The van der Waals surface area contributed by atoms with Crippen LogP contribution in [0.2, 0.25) is 0 Å². The third-order valence-electron chi connectivity index (χ3n) is 3.11. The summed E-state index contributed by atoms with van der Waals surface area (Å²) in [6, 6.07) is 14.9. The molecule has 3 nitrogen and oxygen atoms in total. The van der Waals surface area contributed by atoms with E-state index in [1.807, 2.05) is 48.5 Å². The van der Waals surface area contributed by atoms with Gasteiger partial charge in [0.2, 0.25) is 0 Å². The Morgan fingerprint density at radius 3 is 2.32 bits per heavy atom. The van der Waals surface area contributed by atoms with Gasteiger partial charge in [0.15, 0.2) is 5.78 Å². The average molecular weight is 294 g/mol. The van der Waals surface area contributed by atoms with Crippen LogP contribution in [0.15, 0.2) is 60.7 Å². The van der Waals surface area contributed by atoms with Gasteiger partial charge in [-0.05, 0) is 47.0 Å². The molecule has 2 aromatic rings. The van der Waals surface area contributed by atoms with Gasteiger partial charge in [-0.25, -0.2) is 0 Å². The van der Waals surface area contributed by atoms with E-state index >= 15 is 0 Å². The van der Waals surface area contributed by atoms with E-state index in [1.165, 1.54) is 12.2 Å². The fourth-order valence-electron chi connectivity index (χ4n) is 1.95. The van der Waals surface area contributed by atoms with E-state index in [1.54, 1.807) is 19.3 Å². The lowest BCUT2D eigenvalue weighted by Gasteiger charge is -1.99. The number of ether oxygens (including phenoxy) is 1. The van der Waals surface area contributed by atoms with Gasteiger partial charge in [0.05, 0.1) is 13.7 Å². The van der Waals surface area contributed by atoms with Crippen molar-refractivity contribution in [3.63, 3.8) is 0 Å². The molecule has 1 N–H and O–H groups in total.